The van der Waals surface area contributed by atoms with Crippen LogP contribution in [0.5, 0.6) is 0 Å². The summed E-state index contributed by atoms with van der Waals surface area (Å²) in [6, 6.07) is 3.46. The van der Waals surface area contributed by atoms with Crippen molar-refractivity contribution in [1.82, 2.24) is 5.32 Å². The first-order valence-electron chi connectivity index (χ1n) is 6.43. The molecule has 0 saturated heterocycles. The van der Waals surface area contributed by atoms with Crippen LogP contribution in [-0.4, -0.2) is 19.1 Å². The topological polar surface area (TPSA) is 38.3 Å². The predicted molar refractivity (Wildman–Crippen MR) is 68.5 cm³/mol. The molecule has 0 heterocycles. The molecule has 0 atom stereocenters. The van der Waals surface area contributed by atoms with E-state index in [4.69, 9.17) is 4.74 Å². The monoisotopic (exact) mass is 271 g/mol. The normalized spacial score (nSPS) is 10.5. The van der Waals surface area contributed by atoms with Gasteiger partial charge in [-0.1, -0.05) is 19.4 Å². The van der Waals surface area contributed by atoms with Gasteiger partial charge in [0.1, 0.15) is 18.2 Å². The van der Waals surface area contributed by atoms with Gasteiger partial charge in [-0.15, -0.1) is 0 Å². The molecule has 0 aliphatic heterocycles. The Kier molecular flexibility index (Phi) is 7.03. The van der Waals surface area contributed by atoms with Crippen LogP contribution in [0.1, 0.15) is 31.7 Å². The zero-order valence-electron chi connectivity index (χ0n) is 11.0. The van der Waals surface area contributed by atoms with Crippen molar-refractivity contribution in [2.75, 3.05) is 13.2 Å². The zero-order valence-corrected chi connectivity index (χ0v) is 11.0. The molecule has 0 bridgehead atoms. The van der Waals surface area contributed by atoms with Gasteiger partial charge in [-0.3, -0.25) is 4.79 Å². The quantitative estimate of drug-likeness (QED) is 0.583. The maximum atomic E-state index is 13.3. The summed E-state index contributed by atoms with van der Waals surface area (Å²) < 4.78 is 30.9. The standard InChI is InChI=1S/C14H19F2NO2/c1-2-3-4-14(18)19-8-7-17-10-11-5-6-12(15)9-13(11)16/h5-6,9,17H,2-4,7-8,10H2,1H3. The Morgan fingerprint density at radius 1 is 1.37 bits per heavy atom. The third-order valence-corrected chi connectivity index (χ3v) is 2.61. The number of hydrogen-bond donors (Lipinski definition) is 1. The number of nitrogens with one attached hydrogen (secondary N) is 1. The lowest BCUT2D eigenvalue weighted by Crippen LogP contribution is -2.21. The highest BCUT2D eigenvalue weighted by Crippen LogP contribution is 2.08. The Morgan fingerprint density at radius 3 is 2.84 bits per heavy atom. The van der Waals surface area contributed by atoms with Gasteiger partial charge in [0, 0.05) is 31.1 Å². The van der Waals surface area contributed by atoms with Crippen LogP contribution >= 0.6 is 0 Å². The van der Waals surface area contributed by atoms with Gasteiger partial charge in [-0.25, -0.2) is 8.78 Å². The van der Waals surface area contributed by atoms with E-state index in [2.05, 4.69) is 5.32 Å². The fourth-order valence-electron chi connectivity index (χ4n) is 1.52. The van der Waals surface area contributed by atoms with E-state index in [1.54, 1.807) is 0 Å². The molecule has 106 valence electrons. The summed E-state index contributed by atoms with van der Waals surface area (Å²) in [5.41, 5.74) is 0.388. The van der Waals surface area contributed by atoms with Crippen molar-refractivity contribution < 1.29 is 18.3 Å². The molecule has 0 amide bonds. The van der Waals surface area contributed by atoms with E-state index in [0.29, 0.717) is 18.5 Å². The average Bonchev–Trinajstić information content (AvgIpc) is 2.38. The van der Waals surface area contributed by atoms with Crippen LogP contribution in [0, 0.1) is 11.6 Å². The van der Waals surface area contributed by atoms with E-state index in [-0.39, 0.29) is 19.1 Å². The zero-order chi connectivity index (χ0) is 14.1. The molecule has 3 nitrogen and oxygen atoms in total. The summed E-state index contributed by atoms with van der Waals surface area (Å²) in [5.74, 6) is -1.38. The van der Waals surface area contributed by atoms with Crippen LogP contribution in [0.4, 0.5) is 8.78 Å². The number of carbonyl (C=O) groups is 1. The smallest absolute Gasteiger partial charge is 0.305 e. The van der Waals surface area contributed by atoms with E-state index >= 15 is 0 Å². The summed E-state index contributed by atoms with van der Waals surface area (Å²) in [4.78, 5) is 11.2. The number of ether oxygens (including phenoxy) is 1. The summed E-state index contributed by atoms with van der Waals surface area (Å²) in [5, 5.41) is 2.93. The number of rotatable bonds is 8. The maximum absolute atomic E-state index is 13.3. The number of benzene rings is 1. The number of halogens is 2. The highest BCUT2D eigenvalue weighted by atomic mass is 19.1. The van der Waals surface area contributed by atoms with E-state index in [0.717, 1.165) is 18.9 Å². The molecular weight excluding hydrogens is 252 g/mol. The second-order valence-electron chi connectivity index (χ2n) is 4.24. The fourth-order valence-corrected chi connectivity index (χ4v) is 1.52. The van der Waals surface area contributed by atoms with Crippen molar-refractivity contribution in [1.29, 1.82) is 0 Å². The molecule has 0 unspecified atom stereocenters. The van der Waals surface area contributed by atoms with Crippen LogP contribution < -0.4 is 5.32 Å². The number of hydrogen-bond acceptors (Lipinski definition) is 3. The molecule has 0 fully saturated rings. The van der Waals surface area contributed by atoms with Gasteiger partial charge in [0.15, 0.2) is 0 Å². The van der Waals surface area contributed by atoms with Crippen molar-refractivity contribution >= 4 is 5.97 Å². The lowest BCUT2D eigenvalue weighted by atomic mass is 10.2. The van der Waals surface area contributed by atoms with Crippen LogP contribution in [0.25, 0.3) is 0 Å². The molecular formula is C14H19F2NO2. The van der Waals surface area contributed by atoms with Gasteiger partial charge < -0.3 is 10.1 Å². The largest absolute Gasteiger partial charge is 0.464 e. The van der Waals surface area contributed by atoms with E-state index in [1.165, 1.54) is 12.1 Å². The van der Waals surface area contributed by atoms with Gasteiger partial charge >= 0.3 is 5.97 Å². The minimum absolute atomic E-state index is 0.211. The summed E-state index contributed by atoms with van der Waals surface area (Å²) in [6.45, 7) is 2.98. The molecule has 0 saturated carbocycles. The van der Waals surface area contributed by atoms with Crippen molar-refractivity contribution in [3.8, 4) is 0 Å². The van der Waals surface area contributed by atoms with Crippen LogP contribution in [0.2, 0.25) is 0 Å². The second kappa shape index (κ2) is 8.58. The van der Waals surface area contributed by atoms with Gasteiger partial charge in [0.05, 0.1) is 0 Å². The Morgan fingerprint density at radius 2 is 2.16 bits per heavy atom. The fraction of sp³-hybridized carbons (Fsp3) is 0.500. The van der Waals surface area contributed by atoms with E-state index < -0.39 is 11.6 Å². The molecule has 1 aromatic rings. The Bertz CT molecular complexity index is 410. The molecule has 0 radical (unpaired) electrons. The molecule has 0 spiro atoms. The highest BCUT2D eigenvalue weighted by molar-refractivity contribution is 5.69. The predicted octanol–water partition coefficient (Wildman–Crippen LogP) is 2.79. The summed E-state index contributed by atoms with van der Waals surface area (Å²) in [7, 11) is 0. The van der Waals surface area contributed by atoms with Gasteiger partial charge in [-0.05, 0) is 12.5 Å². The molecule has 0 aliphatic rings. The van der Waals surface area contributed by atoms with E-state index in [9.17, 15) is 13.6 Å². The summed E-state index contributed by atoms with van der Waals surface area (Å²) >= 11 is 0. The van der Waals surface area contributed by atoms with Crippen LogP contribution in [-0.2, 0) is 16.1 Å². The lowest BCUT2D eigenvalue weighted by molar-refractivity contribution is -0.143. The van der Waals surface area contributed by atoms with Crippen molar-refractivity contribution in [2.45, 2.75) is 32.7 Å². The minimum atomic E-state index is -0.592. The van der Waals surface area contributed by atoms with Crippen molar-refractivity contribution in [3.63, 3.8) is 0 Å². The third kappa shape index (κ3) is 6.29. The van der Waals surface area contributed by atoms with Gasteiger partial charge in [0.25, 0.3) is 0 Å². The molecule has 0 aromatic heterocycles. The first-order chi connectivity index (χ1) is 9.13. The maximum Gasteiger partial charge on any atom is 0.305 e. The first kappa shape index (κ1) is 15.6. The average molecular weight is 271 g/mol. The summed E-state index contributed by atoms with van der Waals surface area (Å²) in [6.07, 6.45) is 2.22. The minimum Gasteiger partial charge on any atom is -0.464 e. The van der Waals surface area contributed by atoms with Gasteiger partial charge in [-0.2, -0.15) is 0 Å². The molecule has 1 N–H and O–H groups in total. The molecule has 5 heteroatoms. The highest BCUT2D eigenvalue weighted by Gasteiger charge is 2.04. The second-order valence-corrected chi connectivity index (χ2v) is 4.24. The Labute approximate surface area is 112 Å². The lowest BCUT2D eigenvalue weighted by Gasteiger charge is -2.07. The van der Waals surface area contributed by atoms with Gasteiger partial charge in [0.2, 0.25) is 0 Å². The van der Waals surface area contributed by atoms with Crippen LogP contribution in [0.3, 0.4) is 0 Å². The number of unbranched alkanes of at least 4 members (excludes halogenated alkanes) is 1. The van der Waals surface area contributed by atoms with Crippen molar-refractivity contribution in [2.24, 2.45) is 0 Å². The van der Waals surface area contributed by atoms with Crippen molar-refractivity contribution in [3.05, 3.63) is 35.4 Å². The Hall–Kier alpha value is -1.49. The molecule has 1 aromatic carbocycles. The first-order valence-corrected chi connectivity index (χ1v) is 6.43. The SMILES string of the molecule is CCCCC(=O)OCCNCc1ccc(F)cc1F. The van der Waals surface area contributed by atoms with E-state index in [1.807, 2.05) is 6.92 Å². The van der Waals surface area contributed by atoms with Crippen LogP contribution in [0.15, 0.2) is 18.2 Å². The molecule has 1 rings (SSSR count). The molecule has 0 aliphatic carbocycles. The molecule has 19 heavy (non-hydrogen) atoms. The number of esters is 1. The third-order valence-electron chi connectivity index (χ3n) is 2.61. The number of carbonyl (C=O) groups excluding carboxylic acids is 1. The Balaban J connectivity index is 2.15.